The second kappa shape index (κ2) is 6.37. The molecule has 0 N–H and O–H groups in total. The highest BCUT2D eigenvalue weighted by molar-refractivity contribution is 5.86. The van der Waals surface area contributed by atoms with E-state index >= 15 is 0 Å². The molecule has 4 heteroatoms. The SMILES string of the molecule is COC(=O)C1=CC(c2ccccc2)CC2(Cc3ccccc3CO2)O1. The highest BCUT2D eigenvalue weighted by Gasteiger charge is 2.44. The fourth-order valence-corrected chi connectivity index (χ4v) is 3.60. The van der Waals surface area contributed by atoms with E-state index in [1.54, 1.807) is 0 Å². The molecule has 0 fully saturated rings. The van der Waals surface area contributed by atoms with E-state index < -0.39 is 11.8 Å². The van der Waals surface area contributed by atoms with E-state index in [0.717, 1.165) is 5.56 Å². The van der Waals surface area contributed by atoms with Crippen molar-refractivity contribution in [3.05, 3.63) is 83.1 Å². The number of hydrogen-bond donors (Lipinski definition) is 0. The van der Waals surface area contributed by atoms with Crippen LogP contribution in [0.4, 0.5) is 0 Å². The normalized spacial score (nSPS) is 24.8. The van der Waals surface area contributed by atoms with Crippen molar-refractivity contribution in [2.24, 2.45) is 0 Å². The van der Waals surface area contributed by atoms with Crippen molar-refractivity contribution in [1.82, 2.24) is 0 Å². The molecule has 2 aromatic carbocycles. The molecule has 4 rings (SSSR count). The second-order valence-corrected chi connectivity index (χ2v) is 6.49. The summed E-state index contributed by atoms with van der Waals surface area (Å²) < 4.78 is 17.1. The minimum absolute atomic E-state index is 0.0364. The van der Waals surface area contributed by atoms with Crippen LogP contribution in [0.1, 0.15) is 29.0 Å². The van der Waals surface area contributed by atoms with Crippen LogP contribution in [0.15, 0.2) is 66.4 Å². The predicted octanol–water partition coefficient (Wildman–Crippen LogP) is 3.72. The Morgan fingerprint density at radius 3 is 2.56 bits per heavy atom. The molecule has 2 unspecified atom stereocenters. The van der Waals surface area contributed by atoms with E-state index in [0.29, 0.717) is 19.4 Å². The van der Waals surface area contributed by atoms with E-state index in [4.69, 9.17) is 14.2 Å². The summed E-state index contributed by atoms with van der Waals surface area (Å²) in [5.74, 6) is -1.05. The van der Waals surface area contributed by atoms with Gasteiger partial charge in [0.25, 0.3) is 0 Å². The number of carbonyl (C=O) groups excluding carboxylic acids is 1. The molecule has 2 aliphatic heterocycles. The number of hydrogen-bond acceptors (Lipinski definition) is 4. The lowest BCUT2D eigenvalue weighted by Crippen LogP contribution is -2.45. The molecule has 0 aromatic heterocycles. The van der Waals surface area contributed by atoms with Crippen LogP contribution in [0.3, 0.4) is 0 Å². The summed E-state index contributed by atoms with van der Waals surface area (Å²) in [7, 11) is 1.36. The second-order valence-electron chi connectivity index (χ2n) is 6.49. The van der Waals surface area contributed by atoms with Gasteiger partial charge in [-0.05, 0) is 22.8 Å². The fraction of sp³-hybridized carbons (Fsp3) is 0.286. The zero-order valence-electron chi connectivity index (χ0n) is 14.1. The van der Waals surface area contributed by atoms with Crippen molar-refractivity contribution < 1.29 is 19.0 Å². The molecule has 25 heavy (non-hydrogen) atoms. The number of rotatable bonds is 2. The molecule has 0 bridgehead atoms. The van der Waals surface area contributed by atoms with E-state index in [1.165, 1.54) is 18.2 Å². The molecule has 0 amide bonds. The highest BCUT2D eigenvalue weighted by atomic mass is 16.7. The number of esters is 1. The van der Waals surface area contributed by atoms with Crippen molar-refractivity contribution in [2.45, 2.75) is 31.2 Å². The van der Waals surface area contributed by atoms with Gasteiger partial charge in [0.15, 0.2) is 0 Å². The molecule has 0 radical (unpaired) electrons. The van der Waals surface area contributed by atoms with Gasteiger partial charge < -0.3 is 14.2 Å². The highest BCUT2D eigenvalue weighted by Crippen LogP contribution is 2.42. The Hall–Kier alpha value is -2.59. The first-order valence-electron chi connectivity index (χ1n) is 8.44. The van der Waals surface area contributed by atoms with Crippen molar-refractivity contribution in [1.29, 1.82) is 0 Å². The number of carbonyl (C=O) groups is 1. The van der Waals surface area contributed by atoms with Gasteiger partial charge in [0, 0.05) is 18.8 Å². The van der Waals surface area contributed by atoms with Gasteiger partial charge in [0.2, 0.25) is 11.5 Å². The quantitative estimate of drug-likeness (QED) is 0.784. The maximum Gasteiger partial charge on any atom is 0.373 e. The molecule has 2 atom stereocenters. The number of allylic oxidation sites excluding steroid dienone is 1. The summed E-state index contributed by atoms with van der Waals surface area (Å²) in [5.41, 5.74) is 3.50. The summed E-state index contributed by atoms with van der Waals surface area (Å²) in [6, 6.07) is 18.3. The Morgan fingerprint density at radius 1 is 1.08 bits per heavy atom. The molecule has 4 nitrogen and oxygen atoms in total. The number of methoxy groups -OCH3 is 1. The van der Waals surface area contributed by atoms with Gasteiger partial charge in [-0.2, -0.15) is 0 Å². The molecular formula is C21H20O4. The maximum absolute atomic E-state index is 12.1. The minimum Gasteiger partial charge on any atom is -0.463 e. The molecule has 0 saturated heterocycles. The molecule has 0 aliphatic carbocycles. The van der Waals surface area contributed by atoms with Gasteiger partial charge in [0.1, 0.15) is 0 Å². The van der Waals surface area contributed by atoms with Crippen LogP contribution < -0.4 is 0 Å². The monoisotopic (exact) mass is 336 g/mol. The molecule has 2 aliphatic rings. The van der Waals surface area contributed by atoms with Crippen LogP contribution in [-0.4, -0.2) is 18.9 Å². The first-order chi connectivity index (χ1) is 12.2. The Balaban J connectivity index is 1.70. The van der Waals surface area contributed by atoms with Crippen molar-refractivity contribution in [2.75, 3.05) is 7.11 Å². The Bertz CT molecular complexity index is 812. The van der Waals surface area contributed by atoms with Crippen LogP contribution in [-0.2, 0) is 32.0 Å². The van der Waals surface area contributed by atoms with Gasteiger partial charge in [-0.25, -0.2) is 4.79 Å². The number of ether oxygens (including phenoxy) is 3. The predicted molar refractivity (Wildman–Crippen MR) is 92.7 cm³/mol. The van der Waals surface area contributed by atoms with Crippen molar-refractivity contribution in [3.63, 3.8) is 0 Å². The molecule has 128 valence electrons. The van der Waals surface area contributed by atoms with Gasteiger partial charge in [-0.1, -0.05) is 54.6 Å². The minimum atomic E-state index is -0.840. The molecule has 2 aromatic rings. The van der Waals surface area contributed by atoms with Crippen LogP contribution in [0.2, 0.25) is 0 Å². The number of benzene rings is 2. The lowest BCUT2D eigenvalue weighted by Gasteiger charge is -2.42. The Kier molecular flexibility index (Phi) is 4.06. The topological polar surface area (TPSA) is 44.8 Å². The lowest BCUT2D eigenvalue weighted by molar-refractivity contribution is -0.242. The van der Waals surface area contributed by atoms with E-state index in [9.17, 15) is 4.79 Å². The van der Waals surface area contributed by atoms with Crippen LogP contribution >= 0.6 is 0 Å². The maximum atomic E-state index is 12.1. The molecule has 2 heterocycles. The molecule has 1 spiro atoms. The molecule has 0 saturated carbocycles. The standard InChI is InChI=1S/C21H20O4/c1-23-20(22)19-11-18(15-7-3-2-4-8-15)13-21(25-19)12-16-9-5-6-10-17(16)14-24-21/h2-11,18H,12-14H2,1H3. The summed E-state index contributed by atoms with van der Waals surface area (Å²) in [4.78, 5) is 12.1. The molecular weight excluding hydrogens is 316 g/mol. The van der Waals surface area contributed by atoms with E-state index in [1.807, 2.05) is 36.4 Å². The Labute approximate surface area is 147 Å². The van der Waals surface area contributed by atoms with Gasteiger partial charge in [-0.3, -0.25) is 0 Å². The first-order valence-corrected chi connectivity index (χ1v) is 8.44. The van der Waals surface area contributed by atoms with Gasteiger partial charge >= 0.3 is 5.97 Å². The van der Waals surface area contributed by atoms with Gasteiger partial charge in [0.05, 0.1) is 13.7 Å². The van der Waals surface area contributed by atoms with Crippen molar-refractivity contribution in [3.8, 4) is 0 Å². The lowest BCUT2D eigenvalue weighted by atomic mass is 9.84. The summed E-state index contributed by atoms with van der Waals surface area (Å²) >= 11 is 0. The fourth-order valence-electron chi connectivity index (χ4n) is 3.60. The van der Waals surface area contributed by atoms with E-state index in [-0.39, 0.29) is 11.7 Å². The van der Waals surface area contributed by atoms with Crippen molar-refractivity contribution >= 4 is 5.97 Å². The summed E-state index contributed by atoms with van der Waals surface area (Å²) in [5, 5.41) is 0. The van der Waals surface area contributed by atoms with Crippen LogP contribution in [0.25, 0.3) is 0 Å². The smallest absolute Gasteiger partial charge is 0.373 e. The van der Waals surface area contributed by atoms with Crippen LogP contribution in [0.5, 0.6) is 0 Å². The van der Waals surface area contributed by atoms with Crippen LogP contribution in [0, 0.1) is 0 Å². The summed E-state index contributed by atoms with van der Waals surface area (Å²) in [6.45, 7) is 0.478. The first kappa shape index (κ1) is 15.9. The largest absolute Gasteiger partial charge is 0.463 e. The summed E-state index contributed by atoms with van der Waals surface area (Å²) in [6.07, 6.45) is 3.11. The average Bonchev–Trinajstić information content (AvgIpc) is 2.67. The zero-order chi connectivity index (χ0) is 17.3. The Morgan fingerprint density at radius 2 is 1.80 bits per heavy atom. The third-order valence-corrected chi connectivity index (χ3v) is 4.86. The average molecular weight is 336 g/mol. The van der Waals surface area contributed by atoms with Gasteiger partial charge in [-0.15, -0.1) is 0 Å². The third kappa shape index (κ3) is 3.05. The van der Waals surface area contributed by atoms with E-state index in [2.05, 4.69) is 24.3 Å². The third-order valence-electron chi connectivity index (χ3n) is 4.86. The zero-order valence-corrected chi connectivity index (χ0v) is 14.1. The number of fused-ring (bicyclic) bond motifs is 1.